The predicted octanol–water partition coefficient (Wildman–Crippen LogP) is 7.20. The van der Waals surface area contributed by atoms with E-state index in [9.17, 15) is 14.7 Å². The van der Waals surface area contributed by atoms with Crippen molar-refractivity contribution >= 4 is 23.1 Å². The molecule has 1 heterocycles. The van der Waals surface area contributed by atoms with Crippen LogP contribution in [0.15, 0.2) is 109 Å². The molecule has 196 valence electrons. The van der Waals surface area contributed by atoms with Gasteiger partial charge in [0.05, 0.1) is 17.7 Å². The summed E-state index contributed by atoms with van der Waals surface area (Å²) in [5.41, 5.74) is 2.67. The van der Waals surface area contributed by atoms with Gasteiger partial charge >= 0.3 is 0 Å². The first kappa shape index (κ1) is 25.8. The first-order valence-corrected chi connectivity index (χ1v) is 12.8. The van der Waals surface area contributed by atoms with Gasteiger partial charge in [0, 0.05) is 11.3 Å². The Kier molecular flexibility index (Phi) is 7.19. The number of para-hydroxylation sites is 1. The van der Waals surface area contributed by atoms with Crippen LogP contribution in [-0.2, 0) is 9.59 Å². The lowest BCUT2D eigenvalue weighted by atomic mass is 9.94. The lowest BCUT2D eigenvalue weighted by molar-refractivity contribution is -0.132. The molecule has 0 radical (unpaired) electrons. The Morgan fingerprint density at radius 2 is 1.44 bits per heavy atom. The molecule has 1 fully saturated rings. The van der Waals surface area contributed by atoms with Crippen molar-refractivity contribution in [1.82, 2.24) is 0 Å². The minimum Gasteiger partial charge on any atom is -0.507 e. The highest BCUT2D eigenvalue weighted by Crippen LogP contribution is 2.43. The second-order valence-corrected chi connectivity index (χ2v) is 9.68. The summed E-state index contributed by atoms with van der Waals surface area (Å²) in [5, 5.41) is 11.4. The summed E-state index contributed by atoms with van der Waals surface area (Å²) in [6.45, 7) is 5.80. The Morgan fingerprint density at radius 1 is 0.795 bits per heavy atom. The minimum absolute atomic E-state index is 0.000531. The van der Waals surface area contributed by atoms with Crippen molar-refractivity contribution in [1.29, 1.82) is 0 Å². The molecule has 1 N–H and O–H groups in total. The number of carbonyl (C=O) groups excluding carboxylic acids is 2. The molecule has 1 aliphatic heterocycles. The number of ketones is 1. The van der Waals surface area contributed by atoms with E-state index in [4.69, 9.17) is 9.47 Å². The van der Waals surface area contributed by atoms with Gasteiger partial charge in [-0.15, -0.1) is 0 Å². The highest BCUT2D eigenvalue weighted by molar-refractivity contribution is 6.51. The Labute approximate surface area is 227 Å². The number of benzene rings is 4. The maximum atomic E-state index is 13.5. The van der Waals surface area contributed by atoms with E-state index in [1.807, 2.05) is 75.4 Å². The third kappa shape index (κ3) is 5.41. The van der Waals surface area contributed by atoms with Crippen LogP contribution in [0.1, 0.15) is 36.6 Å². The summed E-state index contributed by atoms with van der Waals surface area (Å²) in [5.74, 6) is 0.246. The Balaban J connectivity index is 1.56. The summed E-state index contributed by atoms with van der Waals surface area (Å²) < 4.78 is 11.6. The molecular formula is C33H29NO5. The van der Waals surface area contributed by atoms with Gasteiger partial charge < -0.3 is 14.6 Å². The average Bonchev–Trinajstić information content (AvgIpc) is 3.19. The largest absolute Gasteiger partial charge is 0.507 e. The summed E-state index contributed by atoms with van der Waals surface area (Å²) in [6, 6.07) is 30.0. The molecule has 39 heavy (non-hydrogen) atoms. The molecule has 1 amide bonds. The smallest absolute Gasteiger partial charge is 0.300 e. The number of ether oxygens (including phenoxy) is 2. The molecular weight excluding hydrogens is 490 g/mol. The van der Waals surface area contributed by atoms with Gasteiger partial charge in [0.25, 0.3) is 11.7 Å². The van der Waals surface area contributed by atoms with Gasteiger partial charge in [-0.1, -0.05) is 48.0 Å². The number of anilines is 1. The molecule has 5 rings (SSSR count). The first-order chi connectivity index (χ1) is 18.8. The van der Waals surface area contributed by atoms with Crippen molar-refractivity contribution < 1.29 is 24.2 Å². The van der Waals surface area contributed by atoms with Crippen LogP contribution in [0.5, 0.6) is 17.2 Å². The standard InChI is InChI=1S/C33H29NO5/c1-21(2)38-27-16-12-23(13-17-27)31(35)29-30(24-9-7-8-22(3)20-24)34(33(37)32(29)36)25-14-18-28(19-15-25)39-26-10-5-4-6-11-26/h4-21,30,35H,1-3H3/b31-29-. The van der Waals surface area contributed by atoms with Gasteiger partial charge in [0.15, 0.2) is 0 Å². The summed E-state index contributed by atoms with van der Waals surface area (Å²) >= 11 is 0. The van der Waals surface area contributed by atoms with E-state index in [1.54, 1.807) is 48.5 Å². The van der Waals surface area contributed by atoms with Crippen molar-refractivity contribution in [2.24, 2.45) is 0 Å². The molecule has 0 spiro atoms. The van der Waals surface area contributed by atoms with Crippen LogP contribution < -0.4 is 14.4 Å². The zero-order valence-corrected chi connectivity index (χ0v) is 22.0. The maximum Gasteiger partial charge on any atom is 0.300 e. The van der Waals surface area contributed by atoms with Crippen LogP contribution in [0.25, 0.3) is 5.76 Å². The van der Waals surface area contributed by atoms with E-state index in [1.165, 1.54) is 4.90 Å². The molecule has 6 nitrogen and oxygen atoms in total. The van der Waals surface area contributed by atoms with Gasteiger partial charge in [0.2, 0.25) is 0 Å². The van der Waals surface area contributed by atoms with Crippen LogP contribution >= 0.6 is 0 Å². The number of aliphatic hydroxyl groups is 1. The Morgan fingerprint density at radius 3 is 2.08 bits per heavy atom. The number of aliphatic hydroxyl groups excluding tert-OH is 1. The molecule has 0 aromatic heterocycles. The van der Waals surface area contributed by atoms with E-state index >= 15 is 0 Å². The third-order valence-electron chi connectivity index (χ3n) is 6.40. The van der Waals surface area contributed by atoms with E-state index in [0.717, 1.165) is 11.1 Å². The van der Waals surface area contributed by atoms with E-state index in [0.29, 0.717) is 28.5 Å². The fourth-order valence-corrected chi connectivity index (χ4v) is 4.67. The zero-order chi connectivity index (χ0) is 27.5. The fraction of sp³-hybridized carbons (Fsp3) is 0.152. The second-order valence-electron chi connectivity index (χ2n) is 9.68. The number of aryl methyl sites for hydroxylation is 1. The number of rotatable bonds is 7. The SMILES string of the molecule is Cc1cccc(C2/C(=C(/O)c3ccc(OC(C)C)cc3)C(=O)C(=O)N2c2ccc(Oc3ccccc3)cc2)c1. The fourth-order valence-electron chi connectivity index (χ4n) is 4.67. The van der Waals surface area contributed by atoms with E-state index in [2.05, 4.69) is 0 Å². The predicted molar refractivity (Wildman–Crippen MR) is 151 cm³/mol. The summed E-state index contributed by atoms with van der Waals surface area (Å²) in [4.78, 5) is 28.3. The van der Waals surface area contributed by atoms with Gasteiger partial charge in [-0.2, -0.15) is 0 Å². The van der Waals surface area contributed by atoms with Crippen LogP contribution in [0.3, 0.4) is 0 Å². The zero-order valence-electron chi connectivity index (χ0n) is 22.0. The lowest BCUT2D eigenvalue weighted by Crippen LogP contribution is -2.29. The molecule has 1 aliphatic rings. The minimum atomic E-state index is -0.808. The van der Waals surface area contributed by atoms with Crippen molar-refractivity contribution in [2.45, 2.75) is 32.9 Å². The Hall–Kier alpha value is -4.84. The van der Waals surface area contributed by atoms with Crippen molar-refractivity contribution in [3.63, 3.8) is 0 Å². The van der Waals surface area contributed by atoms with Gasteiger partial charge in [0.1, 0.15) is 23.0 Å². The molecule has 0 saturated carbocycles. The normalized spacial score (nSPS) is 16.5. The lowest BCUT2D eigenvalue weighted by Gasteiger charge is -2.26. The molecule has 4 aromatic carbocycles. The van der Waals surface area contributed by atoms with Crippen LogP contribution in [0.2, 0.25) is 0 Å². The van der Waals surface area contributed by atoms with E-state index in [-0.39, 0.29) is 17.4 Å². The molecule has 1 unspecified atom stereocenters. The summed E-state index contributed by atoms with van der Waals surface area (Å²) in [7, 11) is 0. The van der Waals surface area contributed by atoms with Crippen molar-refractivity contribution in [2.75, 3.05) is 4.90 Å². The number of carbonyl (C=O) groups is 2. The molecule has 0 bridgehead atoms. The number of Topliss-reactive ketones (excluding diaryl/α,β-unsaturated/α-hetero) is 1. The number of hydrogen-bond acceptors (Lipinski definition) is 5. The molecule has 1 atom stereocenters. The number of hydrogen-bond donors (Lipinski definition) is 1. The summed E-state index contributed by atoms with van der Waals surface area (Å²) in [6.07, 6.45) is 0.000531. The third-order valence-corrected chi connectivity index (χ3v) is 6.40. The monoisotopic (exact) mass is 519 g/mol. The van der Waals surface area contributed by atoms with Gasteiger partial charge in [-0.3, -0.25) is 14.5 Å². The van der Waals surface area contributed by atoms with Gasteiger partial charge in [-0.25, -0.2) is 0 Å². The van der Waals surface area contributed by atoms with Crippen molar-refractivity contribution in [3.8, 4) is 17.2 Å². The highest BCUT2D eigenvalue weighted by Gasteiger charge is 2.47. The van der Waals surface area contributed by atoms with Crippen LogP contribution in [0.4, 0.5) is 5.69 Å². The molecule has 1 saturated heterocycles. The molecule has 4 aromatic rings. The topological polar surface area (TPSA) is 76.1 Å². The number of nitrogens with zero attached hydrogens (tertiary/aromatic N) is 1. The van der Waals surface area contributed by atoms with Crippen LogP contribution in [0, 0.1) is 6.92 Å². The van der Waals surface area contributed by atoms with Crippen molar-refractivity contribution in [3.05, 3.63) is 125 Å². The molecule has 0 aliphatic carbocycles. The number of amides is 1. The maximum absolute atomic E-state index is 13.5. The van der Waals surface area contributed by atoms with Crippen LogP contribution in [-0.4, -0.2) is 22.9 Å². The first-order valence-electron chi connectivity index (χ1n) is 12.8. The van der Waals surface area contributed by atoms with Gasteiger partial charge in [-0.05, 0) is 87.0 Å². The van der Waals surface area contributed by atoms with E-state index < -0.39 is 17.7 Å². The Bertz CT molecular complexity index is 1520. The average molecular weight is 520 g/mol. The second kappa shape index (κ2) is 10.9. The molecule has 6 heteroatoms. The highest BCUT2D eigenvalue weighted by atomic mass is 16.5. The quantitative estimate of drug-likeness (QED) is 0.159.